The Kier molecular flexibility index (Phi) is 6.29. The van der Waals surface area contributed by atoms with Gasteiger partial charge in [0, 0.05) is 31.6 Å². The summed E-state index contributed by atoms with van der Waals surface area (Å²) in [6, 6.07) is 10.8. The van der Waals surface area contributed by atoms with Crippen LogP contribution in [0.2, 0.25) is 0 Å². The van der Waals surface area contributed by atoms with Crippen molar-refractivity contribution in [2.75, 3.05) is 14.2 Å². The molecular formula is C22H22FN3O3. The Morgan fingerprint density at radius 3 is 2.34 bits per heavy atom. The number of halogens is 1. The summed E-state index contributed by atoms with van der Waals surface area (Å²) in [5, 5.41) is 2.97. The Balaban J connectivity index is 1.90. The fourth-order valence-corrected chi connectivity index (χ4v) is 2.88. The highest BCUT2D eigenvalue weighted by Crippen LogP contribution is 2.29. The average Bonchev–Trinajstić information content (AvgIpc) is 3.16. The van der Waals surface area contributed by atoms with Crippen LogP contribution in [0.25, 0.3) is 6.08 Å². The molecule has 0 fully saturated rings. The summed E-state index contributed by atoms with van der Waals surface area (Å²) in [5.74, 6) is 1.23. The lowest BCUT2D eigenvalue weighted by atomic mass is 10.0. The zero-order valence-corrected chi connectivity index (χ0v) is 16.4. The van der Waals surface area contributed by atoms with Gasteiger partial charge < -0.3 is 19.4 Å². The third-order valence-electron chi connectivity index (χ3n) is 4.41. The van der Waals surface area contributed by atoms with Crippen molar-refractivity contribution in [1.82, 2.24) is 14.9 Å². The summed E-state index contributed by atoms with van der Waals surface area (Å²) >= 11 is 0. The number of aryl methyl sites for hydroxylation is 1. The van der Waals surface area contributed by atoms with E-state index >= 15 is 0 Å². The van der Waals surface area contributed by atoms with E-state index in [1.807, 2.05) is 23.7 Å². The van der Waals surface area contributed by atoms with Crippen molar-refractivity contribution in [3.05, 3.63) is 83.7 Å². The molecule has 3 aromatic rings. The molecule has 150 valence electrons. The van der Waals surface area contributed by atoms with Gasteiger partial charge in [0.15, 0.2) is 0 Å². The maximum Gasteiger partial charge on any atom is 0.244 e. The van der Waals surface area contributed by atoms with E-state index in [0.717, 1.165) is 11.1 Å². The highest BCUT2D eigenvalue weighted by molar-refractivity contribution is 5.92. The number of imidazole rings is 1. The molecule has 3 rings (SSSR count). The Bertz CT molecular complexity index is 990. The number of nitrogens with one attached hydrogen (secondary N) is 1. The number of hydrogen-bond donors (Lipinski definition) is 1. The van der Waals surface area contributed by atoms with Crippen molar-refractivity contribution in [1.29, 1.82) is 0 Å². The molecule has 0 saturated carbocycles. The van der Waals surface area contributed by atoms with Gasteiger partial charge in [0.25, 0.3) is 0 Å². The zero-order valence-electron chi connectivity index (χ0n) is 16.4. The van der Waals surface area contributed by atoms with Crippen molar-refractivity contribution in [3.8, 4) is 11.5 Å². The van der Waals surface area contributed by atoms with E-state index in [1.165, 1.54) is 18.2 Å². The quantitative estimate of drug-likeness (QED) is 0.622. The number of rotatable bonds is 7. The zero-order chi connectivity index (χ0) is 20.8. The van der Waals surface area contributed by atoms with E-state index in [2.05, 4.69) is 10.3 Å². The van der Waals surface area contributed by atoms with E-state index in [9.17, 15) is 9.18 Å². The van der Waals surface area contributed by atoms with Crippen LogP contribution in [0, 0.1) is 5.82 Å². The molecule has 29 heavy (non-hydrogen) atoms. The fraction of sp³-hybridized carbons (Fsp3) is 0.182. The van der Waals surface area contributed by atoms with E-state index < -0.39 is 6.04 Å². The Morgan fingerprint density at radius 1 is 1.14 bits per heavy atom. The first kappa shape index (κ1) is 20.1. The first-order valence-electron chi connectivity index (χ1n) is 8.94. The molecule has 1 atom stereocenters. The van der Waals surface area contributed by atoms with Gasteiger partial charge in [-0.2, -0.15) is 0 Å². The molecule has 0 spiro atoms. The van der Waals surface area contributed by atoms with Crippen LogP contribution in [0.3, 0.4) is 0 Å². The van der Waals surface area contributed by atoms with Gasteiger partial charge in [0.05, 0.1) is 14.2 Å². The summed E-state index contributed by atoms with van der Waals surface area (Å²) in [4.78, 5) is 17.0. The third kappa shape index (κ3) is 5.01. The van der Waals surface area contributed by atoms with Gasteiger partial charge in [-0.15, -0.1) is 0 Å². The number of methoxy groups -OCH3 is 2. The highest BCUT2D eigenvalue weighted by Gasteiger charge is 2.21. The van der Waals surface area contributed by atoms with Crippen LogP contribution in [-0.2, 0) is 11.8 Å². The fourth-order valence-electron chi connectivity index (χ4n) is 2.88. The van der Waals surface area contributed by atoms with Crippen LogP contribution in [0.1, 0.15) is 23.0 Å². The molecule has 7 heteroatoms. The Labute approximate surface area is 168 Å². The van der Waals surface area contributed by atoms with E-state index in [0.29, 0.717) is 17.3 Å². The number of aromatic nitrogens is 2. The number of carbonyl (C=O) groups excluding carboxylic acids is 1. The van der Waals surface area contributed by atoms with Crippen LogP contribution in [0.4, 0.5) is 4.39 Å². The van der Waals surface area contributed by atoms with Gasteiger partial charge in [-0.3, -0.25) is 4.79 Å². The highest BCUT2D eigenvalue weighted by atomic mass is 19.1. The number of nitrogens with zero attached hydrogens (tertiary/aromatic N) is 2. The van der Waals surface area contributed by atoms with E-state index in [4.69, 9.17) is 9.47 Å². The third-order valence-corrected chi connectivity index (χ3v) is 4.41. The Morgan fingerprint density at radius 2 is 1.79 bits per heavy atom. The number of hydrogen-bond acceptors (Lipinski definition) is 4. The maximum absolute atomic E-state index is 13.0. The monoisotopic (exact) mass is 395 g/mol. The molecule has 1 N–H and O–H groups in total. The SMILES string of the molecule is COc1cc(OC)cc(C(NC(=O)/C=C/c2ccc(F)cc2)c2nccn2C)c1. The van der Waals surface area contributed by atoms with Gasteiger partial charge >= 0.3 is 0 Å². The van der Waals surface area contributed by atoms with Crippen molar-refractivity contribution in [2.24, 2.45) is 7.05 Å². The number of amides is 1. The minimum Gasteiger partial charge on any atom is -0.497 e. The normalized spacial score (nSPS) is 12.0. The predicted octanol–water partition coefficient (Wildman–Crippen LogP) is 3.50. The van der Waals surface area contributed by atoms with Crippen molar-refractivity contribution in [3.63, 3.8) is 0 Å². The van der Waals surface area contributed by atoms with Crippen LogP contribution < -0.4 is 14.8 Å². The molecule has 0 bridgehead atoms. The average molecular weight is 395 g/mol. The molecule has 0 aliphatic rings. The van der Waals surface area contributed by atoms with Gasteiger partial charge in [-0.1, -0.05) is 12.1 Å². The van der Waals surface area contributed by atoms with Crippen molar-refractivity contribution in [2.45, 2.75) is 6.04 Å². The Hall–Kier alpha value is -3.61. The second kappa shape index (κ2) is 9.05. The summed E-state index contributed by atoms with van der Waals surface area (Å²) < 4.78 is 25.6. The summed E-state index contributed by atoms with van der Waals surface area (Å²) in [5.41, 5.74) is 1.48. The molecule has 1 aromatic heterocycles. The first-order chi connectivity index (χ1) is 14.0. The lowest BCUT2D eigenvalue weighted by Gasteiger charge is -2.20. The largest absolute Gasteiger partial charge is 0.497 e. The lowest BCUT2D eigenvalue weighted by molar-refractivity contribution is -0.117. The molecule has 2 aromatic carbocycles. The number of carbonyl (C=O) groups is 1. The topological polar surface area (TPSA) is 65.4 Å². The minimum atomic E-state index is -0.524. The molecule has 0 aliphatic heterocycles. The van der Waals surface area contributed by atoms with Crippen molar-refractivity contribution >= 4 is 12.0 Å². The van der Waals surface area contributed by atoms with Crippen molar-refractivity contribution < 1.29 is 18.7 Å². The van der Waals surface area contributed by atoms with Gasteiger partial charge in [-0.05, 0) is 41.5 Å². The van der Waals surface area contributed by atoms with Gasteiger partial charge in [0.1, 0.15) is 29.2 Å². The molecule has 1 heterocycles. The molecule has 1 amide bonds. The van der Waals surface area contributed by atoms with E-state index in [1.54, 1.807) is 50.9 Å². The summed E-state index contributed by atoms with van der Waals surface area (Å²) in [6.07, 6.45) is 6.50. The van der Waals surface area contributed by atoms with Gasteiger partial charge in [-0.25, -0.2) is 9.37 Å². The summed E-state index contributed by atoms with van der Waals surface area (Å²) in [6.45, 7) is 0. The predicted molar refractivity (Wildman–Crippen MR) is 108 cm³/mol. The molecule has 6 nitrogen and oxygen atoms in total. The summed E-state index contributed by atoms with van der Waals surface area (Å²) in [7, 11) is 4.99. The van der Waals surface area contributed by atoms with Gasteiger partial charge in [0.2, 0.25) is 5.91 Å². The van der Waals surface area contributed by atoms with Crippen LogP contribution >= 0.6 is 0 Å². The smallest absolute Gasteiger partial charge is 0.244 e. The molecule has 0 radical (unpaired) electrons. The number of ether oxygens (including phenoxy) is 2. The standard InChI is InChI=1S/C22H22FN3O3/c1-26-11-10-24-22(26)21(16-12-18(28-2)14-19(13-16)29-3)25-20(27)9-6-15-4-7-17(23)8-5-15/h4-14,21H,1-3H3,(H,25,27)/b9-6+. The molecular weight excluding hydrogens is 373 g/mol. The van der Waals surface area contributed by atoms with Crippen LogP contribution in [-0.4, -0.2) is 29.7 Å². The van der Waals surface area contributed by atoms with Crippen LogP contribution in [0.15, 0.2) is 60.9 Å². The number of benzene rings is 2. The first-order valence-corrected chi connectivity index (χ1v) is 8.94. The van der Waals surface area contributed by atoms with Crippen LogP contribution in [0.5, 0.6) is 11.5 Å². The molecule has 0 saturated heterocycles. The second-order valence-corrected chi connectivity index (χ2v) is 6.37. The lowest BCUT2D eigenvalue weighted by Crippen LogP contribution is -2.29. The minimum absolute atomic E-state index is 0.316. The van der Waals surface area contributed by atoms with E-state index in [-0.39, 0.29) is 11.7 Å². The molecule has 1 unspecified atom stereocenters. The molecule has 0 aliphatic carbocycles. The second-order valence-electron chi connectivity index (χ2n) is 6.37. The maximum atomic E-state index is 13.0.